The molecule has 0 aromatic heterocycles. The lowest BCUT2D eigenvalue weighted by molar-refractivity contribution is -0.124. The number of amides is 1. The Bertz CT molecular complexity index is 496. The monoisotopic (exact) mass is 372 g/mol. The van der Waals surface area contributed by atoms with Gasteiger partial charge in [-0.25, -0.2) is 0 Å². The van der Waals surface area contributed by atoms with Crippen molar-refractivity contribution in [3.05, 3.63) is 27.8 Å². The molecule has 4 nitrogen and oxygen atoms in total. The van der Waals surface area contributed by atoms with Gasteiger partial charge in [-0.1, -0.05) is 19.9 Å². The second-order valence-corrected chi connectivity index (χ2v) is 6.01. The lowest BCUT2D eigenvalue weighted by atomic mass is 9.90. The van der Waals surface area contributed by atoms with Crippen molar-refractivity contribution in [2.45, 2.75) is 26.3 Å². The van der Waals surface area contributed by atoms with Crippen LogP contribution in [0.15, 0.2) is 24.3 Å². The van der Waals surface area contributed by atoms with Gasteiger partial charge in [-0.3, -0.25) is 4.79 Å². The van der Waals surface area contributed by atoms with Crippen molar-refractivity contribution >= 4 is 28.5 Å². The van der Waals surface area contributed by atoms with Gasteiger partial charge in [0.25, 0.3) is 5.91 Å². The molecule has 1 rings (SSSR count). The third kappa shape index (κ3) is 4.71. The van der Waals surface area contributed by atoms with Crippen LogP contribution in [0.1, 0.15) is 20.8 Å². The molecule has 0 aliphatic carbocycles. The van der Waals surface area contributed by atoms with Gasteiger partial charge in [-0.2, -0.15) is 5.26 Å². The Morgan fingerprint density at radius 3 is 2.79 bits per heavy atom. The van der Waals surface area contributed by atoms with Crippen molar-refractivity contribution < 1.29 is 9.53 Å². The molecular formula is C14H17IN2O2. The summed E-state index contributed by atoms with van der Waals surface area (Å²) in [5, 5.41) is 11.8. The maximum Gasteiger partial charge on any atom is 0.259 e. The highest BCUT2D eigenvalue weighted by Crippen LogP contribution is 2.16. The Labute approximate surface area is 127 Å². The standard InChI is InChI=1S/C14H17IN2O2/c1-10(2)14(3,9-16)17-13(18)8-19-12-6-4-5-11(15)7-12/h4-7,10H,8H2,1-3H3,(H,17,18)/t14-/m1/s1. The molecular weight excluding hydrogens is 355 g/mol. The Morgan fingerprint density at radius 1 is 1.58 bits per heavy atom. The number of ether oxygens (including phenoxy) is 1. The number of hydrogen-bond donors (Lipinski definition) is 1. The Balaban J connectivity index is 2.55. The quantitative estimate of drug-likeness (QED) is 0.809. The largest absolute Gasteiger partial charge is 0.484 e. The molecule has 1 amide bonds. The summed E-state index contributed by atoms with van der Waals surface area (Å²) in [4.78, 5) is 11.8. The molecule has 0 spiro atoms. The molecule has 19 heavy (non-hydrogen) atoms. The lowest BCUT2D eigenvalue weighted by Gasteiger charge is -2.27. The van der Waals surface area contributed by atoms with Crippen LogP contribution in [0.2, 0.25) is 0 Å². The van der Waals surface area contributed by atoms with Gasteiger partial charge in [0.15, 0.2) is 6.61 Å². The Hall–Kier alpha value is -1.29. The van der Waals surface area contributed by atoms with E-state index in [2.05, 4.69) is 34.0 Å². The predicted molar refractivity (Wildman–Crippen MR) is 81.7 cm³/mol. The second-order valence-electron chi connectivity index (χ2n) is 4.76. The summed E-state index contributed by atoms with van der Waals surface area (Å²) in [5.74, 6) is 0.376. The maximum absolute atomic E-state index is 11.8. The Morgan fingerprint density at radius 2 is 2.26 bits per heavy atom. The van der Waals surface area contributed by atoms with Crippen molar-refractivity contribution in [3.8, 4) is 11.8 Å². The van der Waals surface area contributed by atoms with E-state index in [0.717, 1.165) is 3.57 Å². The molecule has 1 N–H and O–H groups in total. The molecule has 0 fully saturated rings. The predicted octanol–water partition coefficient (Wildman–Crippen LogP) is 2.72. The van der Waals surface area contributed by atoms with Crippen LogP contribution in [0.5, 0.6) is 5.75 Å². The van der Waals surface area contributed by atoms with E-state index in [-0.39, 0.29) is 18.4 Å². The zero-order valence-corrected chi connectivity index (χ0v) is 13.4. The van der Waals surface area contributed by atoms with Crippen molar-refractivity contribution in [1.82, 2.24) is 5.32 Å². The third-order valence-corrected chi connectivity index (χ3v) is 3.62. The van der Waals surface area contributed by atoms with Crippen LogP contribution in [0.25, 0.3) is 0 Å². The minimum atomic E-state index is -0.869. The maximum atomic E-state index is 11.8. The number of benzene rings is 1. The topological polar surface area (TPSA) is 62.1 Å². The fraction of sp³-hybridized carbons (Fsp3) is 0.429. The molecule has 5 heteroatoms. The molecule has 0 bridgehead atoms. The van der Waals surface area contributed by atoms with Gasteiger partial charge < -0.3 is 10.1 Å². The Kier molecular flexibility index (Phi) is 5.60. The van der Waals surface area contributed by atoms with Gasteiger partial charge in [-0.15, -0.1) is 0 Å². The summed E-state index contributed by atoms with van der Waals surface area (Å²) in [6.45, 7) is 5.40. The van der Waals surface area contributed by atoms with E-state index < -0.39 is 5.54 Å². The highest BCUT2D eigenvalue weighted by atomic mass is 127. The van der Waals surface area contributed by atoms with E-state index in [1.807, 2.05) is 32.0 Å². The van der Waals surface area contributed by atoms with Gasteiger partial charge in [0, 0.05) is 3.57 Å². The van der Waals surface area contributed by atoms with Crippen LogP contribution < -0.4 is 10.1 Å². The summed E-state index contributed by atoms with van der Waals surface area (Å²) in [6.07, 6.45) is 0. The zero-order chi connectivity index (χ0) is 14.5. The number of carbonyl (C=O) groups excluding carboxylic acids is 1. The van der Waals surface area contributed by atoms with Crippen LogP contribution in [-0.4, -0.2) is 18.1 Å². The average molecular weight is 372 g/mol. The zero-order valence-electron chi connectivity index (χ0n) is 11.2. The molecule has 1 atom stereocenters. The van der Waals surface area contributed by atoms with Crippen molar-refractivity contribution in [1.29, 1.82) is 5.26 Å². The normalized spacial score (nSPS) is 13.5. The molecule has 0 aliphatic rings. The minimum Gasteiger partial charge on any atom is -0.484 e. The SMILES string of the molecule is CC(C)[C@@](C)(C#N)NC(=O)COc1cccc(I)c1. The van der Waals surface area contributed by atoms with Gasteiger partial charge in [0.05, 0.1) is 6.07 Å². The summed E-state index contributed by atoms with van der Waals surface area (Å²) in [6, 6.07) is 9.57. The molecule has 0 heterocycles. The van der Waals surface area contributed by atoms with Crippen LogP contribution in [0, 0.1) is 20.8 Å². The van der Waals surface area contributed by atoms with Gasteiger partial charge in [0.1, 0.15) is 11.3 Å². The third-order valence-electron chi connectivity index (χ3n) is 2.95. The summed E-state index contributed by atoms with van der Waals surface area (Å²) < 4.78 is 6.43. The molecule has 1 aromatic carbocycles. The molecule has 1 aromatic rings. The first-order valence-corrected chi connectivity index (χ1v) is 7.06. The fourth-order valence-corrected chi connectivity index (χ4v) is 1.85. The number of nitrogens with one attached hydrogen (secondary N) is 1. The van der Waals surface area contributed by atoms with Crippen LogP contribution in [0.3, 0.4) is 0 Å². The number of nitriles is 1. The molecule has 0 saturated heterocycles. The summed E-state index contributed by atoms with van der Waals surface area (Å²) >= 11 is 2.18. The molecule has 102 valence electrons. The molecule has 0 saturated carbocycles. The van der Waals surface area contributed by atoms with E-state index in [1.54, 1.807) is 13.0 Å². The number of halogens is 1. The number of rotatable bonds is 5. The van der Waals surface area contributed by atoms with Gasteiger partial charge in [0.2, 0.25) is 0 Å². The smallest absolute Gasteiger partial charge is 0.259 e. The summed E-state index contributed by atoms with van der Waals surface area (Å²) in [5.41, 5.74) is -0.869. The van der Waals surface area contributed by atoms with E-state index in [0.29, 0.717) is 5.75 Å². The van der Waals surface area contributed by atoms with Gasteiger partial charge in [-0.05, 0) is 53.6 Å². The first-order valence-electron chi connectivity index (χ1n) is 5.98. The molecule has 0 aliphatic heterocycles. The van der Waals surface area contributed by atoms with E-state index in [1.165, 1.54) is 0 Å². The lowest BCUT2D eigenvalue weighted by Crippen LogP contribution is -2.50. The van der Waals surface area contributed by atoms with Crippen molar-refractivity contribution in [2.24, 2.45) is 5.92 Å². The number of hydrogen-bond acceptors (Lipinski definition) is 3. The number of carbonyl (C=O) groups is 1. The van der Waals surface area contributed by atoms with Crippen molar-refractivity contribution in [2.75, 3.05) is 6.61 Å². The highest BCUT2D eigenvalue weighted by Gasteiger charge is 2.29. The van der Waals surface area contributed by atoms with Gasteiger partial charge >= 0.3 is 0 Å². The van der Waals surface area contributed by atoms with Crippen LogP contribution in [0.4, 0.5) is 0 Å². The van der Waals surface area contributed by atoms with E-state index in [4.69, 9.17) is 10.00 Å². The van der Waals surface area contributed by atoms with Crippen LogP contribution in [-0.2, 0) is 4.79 Å². The minimum absolute atomic E-state index is 0.0270. The van der Waals surface area contributed by atoms with E-state index in [9.17, 15) is 4.79 Å². The average Bonchev–Trinajstić information content (AvgIpc) is 2.36. The molecule has 0 radical (unpaired) electrons. The fourth-order valence-electron chi connectivity index (χ4n) is 1.33. The summed E-state index contributed by atoms with van der Waals surface area (Å²) in [7, 11) is 0. The van der Waals surface area contributed by atoms with Crippen LogP contribution >= 0.6 is 22.6 Å². The number of nitrogens with zero attached hydrogens (tertiary/aromatic N) is 1. The van der Waals surface area contributed by atoms with E-state index >= 15 is 0 Å². The highest BCUT2D eigenvalue weighted by molar-refractivity contribution is 14.1. The van der Waals surface area contributed by atoms with Crippen molar-refractivity contribution in [3.63, 3.8) is 0 Å². The second kappa shape index (κ2) is 6.75. The first kappa shape index (κ1) is 15.8. The molecule has 0 unspecified atom stereocenters. The first-order chi connectivity index (χ1) is 8.87.